The van der Waals surface area contributed by atoms with Gasteiger partial charge in [0, 0.05) is 13.5 Å². The number of halogens is 3. The standard InChI is InChI=1S/C9H14F3NO4/c1-4-7(14)5(3-6(16-2)17-4)13-8(15)9(10,11)12/h4-7,14H,3H2,1-2H3,(H,13,15)/t4-,5-,6+,7+/m0/s1. The summed E-state index contributed by atoms with van der Waals surface area (Å²) in [5.41, 5.74) is 0. The molecule has 100 valence electrons. The van der Waals surface area contributed by atoms with Crippen LogP contribution in [0.4, 0.5) is 13.2 Å². The molecule has 1 rings (SSSR count). The van der Waals surface area contributed by atoms with Crippen LogP contribution in [-0.4, -0.2) is 48.8 Å². The Bertz CT molecular complexity index is 284. The smallest absolute Gasteiger partial charge is 0.388 e. The van der Waals surface area contributed by atoms with Gasteiger partial charge in [0.05, 0.1) is 12.1 Å². The quantitative estimate of drug-likeness (QED) is 0.740. The molecule has 0 unspecified atom stereocenters. The second kappa shape index (κ2) is 5.19. The molecular formula is C9H14F3NO4. The van der Waals surface area contributed by atoms with Crippen molar-refractivity contribution in [3.05, 3.63) is 0 Å². The fourth-order valence-electron chi connectivity index (χ4n) is 1.60. The highest BCUT2D eigenvalue weighted by Gasteiger charge is 2.43. The van der Waals surface area contributed by atoms with Crippen molar-refractivity contribution >= 4 is 5.91 Å². The Labute approximate surface area is 95.9 Å². The average Bonchev–Trinajstić information content (AvgIpc) is 2.22. The summed E-state index contributed by atoms with van der Waals surface area (Å²) in [6.45, 7) is 1.49. The van der Waals surface area contributed by atoms with Crippen LogP contribution in [0.5, 0.6) is 0 Å². The van der Waals surface area contributed by atoms with E-state index < -0.39 is 36.6 Å². The summed E-state index contributed by atoms with van der Waals surface area (Å²) in [6.07, 6.45) is -7.67. The molecule has 0 spiro atoms. The number of methoxy groups -OCH3 is 1. The summed E-state index contributed by atoms with van der Waals surface area (Å²) in [5, 5.41) is 11.3. The van der Waals surface area contributed by atoms with Gasteiger partial charge in [0.2, 0.25) is 0 Å². The van der Waals surface area contributed by atoms with E-state index in [4.69, 9.17) is 9.47 Å². The average molecular weight is 257 g/mol. The molecule has 1 aliphatic rings. The van der Waals surface area contributed by atoms with Crippen LogP contribution in [0.3, 0.4) is 0 Å². The zero-order valence-electron chi connectivity index (χ0n) is 9.32. The van der Waals surface area contributed by atoms with Crippen molar-refractivity contribution in [2.24, 2.45) is 0 Å². The number of amides is 1. The third kappa shape index (κ3) is 3.55. The van der Waals surface area contributed by atoms with Gasteiger partial charge in [0.1, 0.15) is 6.10 Å². The number of carbonyl (C=O) groups excluding carboxylic acids is 1. The lowest BCUT2D eigenvalue weighted by Crippen LogP contribution is -2.57. The van der Waals surface area contributed by atoms with Crippen LogP contribution < -0.4 is 5.32 Å². The molecule has 1 saturated heterocycles. The highest BCUT2D eigenvalue weighted by Crippen LogP contribution is 2.22. The van der Waals surface area contributed by atoms with E-state index in [-0.39, 0.29) is 6.42 Å². The van der Waals surface area contributed by atoms with Crippen LogP contribution >= 0.6 is 0 Å². The highest BCUT2D eigenvalue weighted by molar-refractivity contribution is 5.82. The van der Waals surface area contributed by atoms with Gasteiger partial charge in [-0.1, -0.05) is 0 Å². The number of nitrogens with one attached hydrogen (secondary N) is 1. The first-order chi connectivity index (χ1) is 7.75. The molecule has 8 heteroatoms. The van der Waals surface area contributed by atoms with Gasteiger partial charge in [-0.15, -0.1) is 0 Å². The zero-order valence-corrected chi connectivity index (χ0v) is 9.32. The van der Waals surface area contributed by atoms with Crippen molar-refractivity contribution in [2.75, 3.05) is 7.11 Å². The molecule has 0 aromatic carbocycles. The Balaban J connectivity index is 2.65. The molecule has 1 heterocycles. The highest BCUT2D eigenvalue weighted by atomic mass is 19.4. The van der Waals surface area contributed by atoms with E-state index in [0.717, 1.165) is 0 Å². The molecule has 2 N–H and O–H groups in total. The minimum atomic E-state index is -4.97. The molecule has 4 atom stereocenters. The number of rotatable bonds is 2. The monoisotopic (exact) mass is 257 g/mol. The lowest BCUT2D eigenvalue weighted by molar-refractivity contribution is -0.218. The Kier molecular flexibility index (Phi) is 4.34. The second-order valence-electron chi connectivity index (χ2n) is 3.81. The van der Waals surface area contributed by atoms with E-state index >= 15 is 0 Å². The van der Waals surface area contributed by atoms with Crippen LogP contribution in [-0.2, 0) is 14.3 Å². The van der Waals surface area contributed by atoms with E-state index in [1.165, 1.54) is 14.0 Å². The zero-order chi connectivity index (χ0) is 13.2. The molecule has 1 fully saturated rings. The van der Waals surface area contributed by atoms with Gasteiger partial charge in [-0.25, -0.2) is 0 Å². The third-order valence-electron chi connectivity index (χ3n) is 2.54. The first-order valence-electron chi connectivity index (χ1n) is 4.99. The van der Waals surface area contributed by atoms with Gasteiger partial charge < -0.3 is 19.9 Å². The van der Waals surface area contributed by atoms with E-state index in [1.54, 1.807) is 5.32 Å². The number of ether oxygens (including phenoxy) is 2. The van der Waals surface area contributed by atoms with Crippen LogP contribution in [0.1, 0.15) is 13.3 Å². The van der Waals surface area contributed by atoms with Crippen LogP contribution in [0.25, 0.3) is 0 Å². The van der Waals surface area contributed by atoms with Gasteiger partial charge in [0.25, 0.3) is 0 Å². The predicted octanol–water partition coefficient (Wildman–Crippen LogP) is 0.176. The molecule has 1 aliphatic heterocycles. The van der Waals surface area contributed by atoms with Crippen LogP contribution in [0.15, 0.2) is 0 Å². The minimum absolute atomic E-state index is 0.0379. The summed E-state index contributed by atoms with van der Waals surface area (Å²) in [5.74, 6) is -2.08. The Morgan fingerprint density at radius 3 is 2.59 bits per heavy atom. The fourth-order valence-corrected chi connectivity index (χ4v) is 1.60. The fraction of sp³-hybridized carbons (Fsp3) is 0.889. The molecule has 0 radical (unpaired) electrons. The largest absolute Gasteiger partial charge is 0.471 e. The van der Waals surface area contributed by atoms with Crippen molar-refractivity contribution in [3.63, 3.8) is 0 Å². The van der Waals surface area contributed by atoms with E-state index in [1.807, 2.05) is 0 Å². The molecule has 0 bridgehead atoms. The van der Waals surface area contributed by atoms with Crippen molar-refractivity contribution < 1.29 is 32.5 Å². The van der Waals surface area contributed by atoms with Gasteiger partial charge in [0.15, 0.2) is 6.29 Å². The number of hydrogen-bond donors (Lipinski definition) is 2. The molecule has 0 aromatic heterocycles. The molecule has 5 nitrogen and oxygen atoms in total. The number of aliphatic hydroxyl groups is 1. The minimum Gasteiger partial charge on any atom is -0.388 e. The summed E-state index contributed by atoms with van der Waals surface area (Å²) in [4.78, 5) is 10.8. The third-order valence-corrected chi connectivity index (χ3v) is 2.54. The topological polar surface area (TPSA) is 67.8 Å². The van der Waals surface area contributed by atoms with E-state index in [9.17, 15) is 23.1 Å². The molecule has 0 saturated carbocycles. The number of alkyl halides is 3. The number of hydrogen-bond acceptors (Lipinski definition) is 4. The van der Waals surface area contributed by atoms with Crippen molar-refractivity contribution in [1.29, 1.82) is 0 Å². The maximum atomic E-state index is 12.1. The molecule has 1 amide bonds. The number of aliphatic hydroxyl groups excluding tert-OH is 1. The summed E-state index contributed by atoms with van der Waals surface area (Å²) in [6, 6.07) is -1.04. The molecular weight excluding hydrogens is 243 g/mol. The number of carbonyl (C=O) groups is 1. The molecule has 17 heavy (non-hydrogen) atoms. The van der Waals surface area contributed by atoms with Crippen LogP contribution in [0.2, 0.25) is 0 Å². The summed E-state index contributed by atoms with van der Waals surface area (Å²) in [7, 11) is 1.33. The lowest BCUT2D eigenvalue weighted by atomic mass is 9.99. The van der Waals surface area contributed by atoms with E-state index in [2.05, 4.69) is 0 Å². The van der Waals surface area contributed by atoms with Crippen LogP contribution in [0, 0.1) is 0 Å². The first-order valence-corrected chi connectivity index (χ1v) is 4.99. The van der Waals surface area contributed by atoms with Gasteiger partial charge in [-0.2, -0.15) is 13.2 Å². The first kappa shape index (κ1) is 14.2. The maximum Gasteiger partial charge on any atom is 0.471 e. The summed E-state index contributed by atoms with van der Waals surface area (Å²) >= 11 is 0. The normalized spacial score (nSPS) is 34.5. The molecule has 0 aromatic rings. The van der Waals surface area contributed by atoms with Gasteiger partial charge in [-0.05, 0) is 6.92 Å². The van der Waals surface area contributed by atoms with Gasteiger partial charge in [-0.3, -0.25) is 4.79 Å². The molecule has 0 aliphatic carbocycles. The Morgan fingerprint density at radius 1 is 1.53 bits per heavy atom. The predicted molar refractivity (Wildman–Crippen MR) is 50.0 cm³/mol. The van der Waals surface area contributed by atoms with Crippen molar-refractivity contribution in [3.8, 4) is 0 Å². The second-order valence-corrected chi connectivity index (χ2v) is 3.81. The van der Waals surface area contributed by atoms with Crippen molar-refractivity contribution in [1.82, 2.24) is 5.32 Å². The SMILES string of the molecule is CO[C@H]1C[C@H](NC(=O)C(F)(F)F)[C@H](O)[C@H](C)O1. The Hall–Kier alpha value is -0.860. The maximum absolute atomic E-state index is 12.1. The summed E-state index contributed by atoms with van der Waals surface area (Å²) < 4.78 is 46.1. The van der Waals surface area contributed by atoms with Gasteiger partial charge >= 0.3 is 12.1 Å². The van der Waals surface area contributed by atoms with E-state index in [0.29, 0.717) is 0 Å². The lowest BCUT2D eigenvalue weighted by Gasteiger charge is -2.37. The van der Waals surface area contributed by atoms with Crippen molar-refractivity contribution in [2.45, 2.75) is 44.1 Å². The Morgan fingerprint density at radius 2 is 2.12 bits per heavy atom.